The van der Waals surface area contributed by atoms with E-state index in [-0.39, 0.29) is 24.8 Å². The van der Waals surface area contributed by atoms with Gasteiger partial charge >= 0.3 is 0 Å². The average molecular weight is 302 g/mol. The lowest BCUT2D eigenvalue weighted by atomic mass is 10.1. The van der Waals surface area contributed by atoms with E-state index in [1.807, 2.05) is 24.8 Å². The smallest absolute Gasteiger partial charge is 0.0681 e. The number of halogens is 2. The molecule has 19 heavy (non-hydrogen) atoms. The Kier molecular flexibility index (Phi) is 8.48. The molecular weight excluding hydrogens is 281 g/mol. The van der Waals surface area contributed by atoms with E-state index in [4.69, 9.17) is 0 Å². The van der Waals surface area contributed by atoms with Crippen LogP contribution in [0.15, 0.2) is 36.4 Å². The molecule has 0 bridgehead atoms. The minimum absolute atomic E-state index is 0. The topological polar surface area (TPSA) is 29.9 Å². The summed E-state index contributed by atoms with van der Waals surface area (Å²) in [5.41, 5.74) is 3.58. The summed E-state index contributed by atoms with van der Waals surface area (Å²) in [5, 5.41) is 7.70. The van der Waals surface area contributed by atoms with Crippen molar-refractivity contribution in [1.29, 1.82) is 0 Å². The van der Waals surface area contributed by atoms with Crippen LogP contribution in [0.25, 0.3) is 11.3 Å². The lowest BCUT2D eigenvalue weighted by Crippen LogP contribution is -2.08. The number of benzene rings is 1. The van der Waals surface area contributed by atoms with Crippen LogP contribution in [0, 0.1) is 0 Å². The maximum absolute atomic E-state index is 4.55. The molecule has 3 nitrogen and oxygen atoms in total. The maximum Gasteiger partial charge on any atom is 0.0681 e. The van der Waals surface area contributed by atoms with Crippen LogP contribution in [-0.4, -0.2) is 23.4 Å². The number of nitrogens with zero attached hydrogens (tertiary/aromatic N) is 2. The van der Waals surface area contributed by atoms with Crippen molar-refractivity contribution in [2.24, 2.45) is 7.05 Å². The van der Waals surface area contributed by atoms with E-state index in [0.717, 1.165) is 19.4 Å². The Morgan fingerprint density at radius 2 is 1.84 bits per heavy atom. The predicted molar refractivity (Wildman–Crippen MR) is 85.4 cm³/mol. The van der Waals surface area contributed by atoms with Crippen molar-refractivity contribution in [2.45, 2.75) is 12.8 Å². The summed E-state index contributed by atoms with van der Waals surface area (Å²) in [6, 6.07) is 12.6. The number of hydrogen-bond acceptors (Lipinski definition) is 2. The molecular formula is C14H21Cl2N3. The lowest BCUT2D eigenvalue weighted by Gasteiger charge is -1.99. The van der Waals surface area contributed by atoms with Gasteiger partial charge in [-0.15, -0.1) is 24.8 Å². The summed E-state index contributed by atoms with van der Waals surface area (Å²) < 4.78 is 1.96. The lowest BCUT2D eigenvalue weighted by molar-refractivity contribution is 0.691. The van der Waals surface area contributed by atoms with Gasteiger partial charge in [0.25, 0.3) is 0 Å². The molecule has 0 aliphatic rings. The molecule has 0 atom stereocenters. The van der Waals surface area contributed by atoms with Gasteiger partial charge in [0.1, 0.15) is 0 Å². The molecule has 0 aliphatic carbocycles. The zero-order valence-corrected chi connectivity index (χ0v) is 12.9. The molecule has 5 heteroatoms. The highest BCUT2D eigenvalue weighted by Gasteiger charge is 2.06. The summed E-state index contributed by atoms with van der Waals surface area (Å²) in [5.74, 6) is 0. The largest absolute Gasteiger partial charge is 0.320 e. The highest BCUT2D eigenvalue weighted by molar-refractivity contribution is 5.85. The van der Waals surface area contributed by atoms with Crippen molar-refractivity contribution < 1.29 is 0 Å². The third kappa shape index (κ3) is 4.86. The van der Waals surface area contributed by atoms with Crippen LogP contribution in [0.1, 0.15) is 12.1 Å². The van der Waals surface area contributed by atoms with Crippen molar-refractivity contribution in [3.63, 3.8) is 0 Å². The Morgan fingerprint density at radius 3 is 2.47 bits per heavy atom. The first-order valence-corrected chi connectivity index (χ1v) is 6.04. The highest BCUT2D eigenvalue weighted by atomic mass is 35.5. The van der Waals surface area contributed by atoms with Crippen LogP contribution in [-0.2, 0) is 13.5 Å². The molecule has 0 saturated carbocycles. The Hall–Kier alpha value is -1.03. The minimum atomic E-state index is 0. The molecule has 1 N–H and O–H groups in total. The fourth-order valence-corrected chi connectivity index (χ4v) is 1.97. The number of hydrogen-bond donors (Lipinski definition) is 1. The van der Waals surface area contributed by atoms with E-state index >= 15 is 0 Å². The highest BCUT2D eigenvalue weighted by Crippen LogP contribution is 2.19. The Morgan fingerprint density at radius 1 is 1.16 bits per heavy atom. The molecule has 0 fully saturated rings. The molecule has 2 aromatic rings. The second-order valence-electron chi connectivity index (χ2n) is 4.22. The normalized spacial score (nSPS) is 9.58. The summed E-state index contributed by atoms with van der Waals surface area (Å²) >= 11 is 0. The van der Waals surface area contributed by atoms with Crippen molar-refractivity contribution in [2.75, 3.05) is 13.6 Å². The molecule has 0 radical (unpaired) electrons. The van der Waals surface area contributed by atoms with Gasteiger partial charge in [-0.1, -0.05) is 30.3 Å². The molecule has 1 aromatic heterocycles. The first kappa shape index (κ1) is 18.0. The van der Waals surface area contributed by atoms with E-state index in [0.29, 0.717) is 0 Å². The summed E-state index contributed by atoms with van der Waals surface area (Å²) in [4.78, 5) is 0. The van der Waals surface area contributed by atoms with Gasteiger partial charge in [-0.25, -0.2) is 0 Å². The molecule has 0 saturated heterocycles. The monoisotopic (exact) mass is 301 g/mol. The molecule has 2 rings (SSSR count). The molecule has 1 heterocycles. The van der Waals surface area contributed by atoms with Crippen molar-refractivity contribution in [1.82, 2.24) is 15.1 Å². The van der Waals surface area contributed by atoms with E-state index in [9.17, 15) is 0 Å². The molecule has 0 amide bonds. The van der Waals surface area contributed by atoms with Crippen LogP contribution in [0.3, 0.4) is 0 Å². The fourth-order valence-electron chi connectivity index (χ4n) is 1.97. The van der Waals surface area contributed by atoms with Crippen molar-refractivity contribution in [3.8, 4) is 11.3 Å². The number of aromatic nitrogens is 2. The molecule has 0 spiro atoms. The van der Waals surface area contributed by atoms with Gasteiger partial charge in [-0.05, 0) is 38.1 Å². The third-order valence-electron chi connectivity index (χ3n) is 2.86. The maximum atomic E-state index is 4.55. The Labute approximate surface area is 127 Å². The minimum Gasteiger partial charge on any atom is -0.320 e. The van der Waals surface area contributed by atoms with E-state index in [1.165, 1.54) is 17.0 Å². The molecule has 0 unspecified atom stereocenters. The van der Waals surface area contributed by atoms with Crippen molar-refractivity contribution in [3.05, 3.63) is 42.1 Å². The fraction of sp³-hybridized carbons (Fsp3) is 0.357. The standard InChI is InChI=1S/C14H19N3.2ClH/c1-15-10-6-9-13-11-14(17(2)16-13)12-7-4-3-5-8-12;;/h3-5,7-8,11,15H,6,9-10H2,1-2H3;2*1H. The van der Waals surface area contributed by atoms with Crippen LogP contribution in [0.2, 0.25) is 0 Å². The number of rotatable bonds is 5. The van der Waals surface area contributed by atoms with Gasteiger partial charge in [0.2, 0.25) is 0 Å². The van der Waals surface area contributed by atoms with Crippen LogP contribution in [0.5, 0.6) is 0 Å². The van der Waals surface area contributed by atoms with Gasteiger partial charge in [-0.3, -0.25) is 4.68 Å². The Bertz CT molecular complexity index is 469. The summed E-state index contributed by atoms with van der Waals surface area (Å²) in [6.07, 6.45) is 2.16. The second kappa shape index (κ2) is 8.97. The SMILES string of the molecule is CNCCCc1cc(-c2ccccc2)n(C)n1.Cl.Cl. The third-order valence-corrected chi connectivity index (χ3v) is 2.86. The second-order valence-corrected chi connectivity index (χ2v) is 4.22. The van der Waals surface area contributed by atoms with Gasteiger partial charge in [0, 0.05) is 7.05 Å². The first-order valence-electron chi connectivity index (χ1n) is 6.04. The number of nitrogens with one attached hydrogen (secondary N) is 1. The van der Waals surface area contributed by atoms with E-state index in [1.54, 1.807) is 0 Å². The molecule has 0 aliphatic heterocycles. The van der Waals surface area contributed by atoms with Gasteiger partial charge in [0.15, 0.2) is 0 Å². The summed E-state index contributed by atoms with van der Waals surface area (Å²) in [7, 11) is 3.98. The zero-order valence-electron chi connectivity index (χ0n) is 11.3. The Balaban J connectivity index is 0.00000162. The van der Waals surface area contributed by atoms with Crippen LogP contribution >= 0.6 is 24.8 Å². The van der Waals surface area contributed by atoms with Crippen LogP contribution < -0.4 is 5.32 Å². The summed E-state index contributed by atoms with van der Waals surface area (Å²) in [6.45, 7) is 1.04. The van der Waals surface area contributed by atoms with Gasteiger partial charge < -0.3 is 5.32 Å². The van der Waals surface area contributed by atoms with Gasteiger partial charge in [-0.2, -0.15) is 5.10 Å². The quantitative estimate of drug-likeness (QED) is 0.860. The number of aryl methyl sites for hydroxylation is 2. The average Bonchev–Trinajstić information content (AvgIpc) is 2.72. The van der Waals surface area contributed by atoms with Crippen molar-refractivity contribution >= 4 is 24.8 Å². The van der Waals surface area contributed by atoms with Crippen LogP contribution in [0.4, 0.5) is 0 Å². The van der Waals surface area contributed by atoms with E-state index < -0.39 is 0 Å². The zero-order chi connectivity index (χ0) is 12.1. The predicted octanol–water partition coefficient (Wildman–Crippen LogP) is 3.08. The molecule has 1 aromatic carbocycles. The first-order chi connectivity index (χ1) is 8.31. The molecule has 106 valence electrons. The van der Waals surface area contributed by atoms with Gasteiger partial charge in [0.05, 0.1) is 11.4 Å². The van der Waals surface area contributed by atoms with E-state index in [2.05, 4.69) is 40.7 Å².